The number of anilines is 1. The number of aromatic nitrogens is 4. The molecule has 0 bridgehead atoms. The minimum atomic E-state index is -0.116. The molecule has 0 radical (unpaired) electrons. The number of aryl methyl sites for hydroxylation is 2. The van der Waals surface area contributed by atoms with Gasteiger partial charge in [-0.2, -0.15) is 0 Å². The molecule has 8 nitrogen and oxygen atoms in total. The normalized spacial score (nSPS) is 13.5. The average molecular weight is 380 g/mol. The van der Waals surface area contributed by atoms with E-state index in [2.05, 4.69) is 30.0 Å². The summed E-state index contributed by atoms with van der Waals surface area (Å²) in [6, 6.07) is 7.64. The molecule has 1 amide bonds. The fraction of sp³-hybridized carbons (Fsp3) is 0.400. The monoisotopic (exact) mass is 380 g/mol. The van der Waals surface area contributed by atoms with Gasteiger partial charge in [0.15, 0.2) is 0 Å². The molecule has 1 aromatic carbocycles. The molecule has 146 valence electrons. The van der Waals surface area contributed by atoms with Crippen LogP contribution in [0.25, 0.3) is 0 Å². The summed E-state index contributed by atoms with van der Waals surface area (Å²) >= 11 is 0. The Hall–Kier alpha value is -3.00. The molecule has 0 aliphatic carbocycles. The lowest BCUT2D eigenvalue weighted by Crippen LogP contribution is -2.19. The van der Waals surface area contributed by atoms with Crippen LogP contribution in [0, 0.1) is 6.92 Å². The summed E-state index contributed by atoms with van der Waals surface area (Å²) in [6.45, 7) is 3.99. The molecule has 1 aliphatic heterocycles. The van der Waals surface area contributed by atoms with E-state index in [1.807, 2.05) is 31.3 Å². The lowest BCUT2D eigenvalue weighted by atomic mass is 10.1. The van der Waals surface area contributed by atoms with Gasteiger partial charge < -0.3 is 14.3 Å². The van der Waals surface area contributed by atoms with E-state index in [0.717, 1.165) is 49.6 Å². The van der Waals surface area contributed by atoms with E-state index < -0.39 is 0 Å². The summed E-state index contributed by atoms with van der Waals surface area (Å²) in [5.41, 5.74) is 1.74. The first-order valence-electron chi connectivity index (χ1n) is 9.51. The molecule has 1 aliphatic rings. The van der Waals surface area contributed by atoms with Crippen LogP contribution in [-0.2, 0) is 26.1 Å². The zero-order valence-electron chi connectivity index (χ0n) is 16.2. The van der Waals surface area contributed by atoms with Crippen LogP contribution in [0.3, 0.4) is 0 Å². The van der Waals surface area contributed by atoms with E-state index in [-0.39, 0.29) is 5.91 Å². The first kappa shape index (κ1) is 18.4. The van der Waals surface area contributed by atoms with Crippen molar-refractivity contribution in [2.75, 3.05) is 12.4 Å². The number of imidazole rings is 1. The van der Waals surface area contributed by atoms with Gasteiger partial charge in [0, 0.05) is 32.0 Å². The highest BCUT2D eigenvalue weighted by molar-refractivity contribution is 6.03. The number of carbonyl (C=O) groups is 1. The molecule has 0 spiro atoms. The molecule has 3 heterocycles. The summed E-state index contributed by atoms with van der Waals surface area (Å²) in [4.78, 5) is 19.1. The van der Waals surface area contributed by atoms with Crippen molar-refractivity contribution >= 4 is 11.7 Å². The molecular weight excluding hydrogens is 356 g/mol. The molecule has 4 rings (SSSR count). The van der Waals surface area contributed by atoms with Crippen molar-refractivity contribution in [3.05, 3.63) is 59.2 Å². The maximum atomic E-state index is 12.6. The predicted octanol–water partition coefficient (Wildman–Crippen LogP) is 2.80. The zero-order chi connectivity index (χ0) is 19.5. The van der Waals surface area contributed by atoms with Gasteiger partial charge in [0.2, 0.25) is 11.8 Å². The van der Waals surface area contributed by atoms with Crippen molar-refractivity contribution in [2.24, 2.45) is 0 Å². The molecule has 0 fully saturated rings. The second-order valence-corrected chi connectivity index (χ2v) is 7.21. The topological polar surface area (TPSA) is 89.1 Å². The van der Waals surface area contributed by atoms with Crippen molar-refractivity contribution in [1.82, 2.24) is 24.6 Å². The van der Waals surface area contributed by atoms with E-state index in [9.17, 15) is 4.79 Å². The van der Waals surface area contributed by atoms with Crippen molar-refractivity contribution in [2.45, 2.75) is 45.8 Å². The van der Waals surface area contributed by atoms with E-state index >= 15 is 0 Å². The number of hydrogen-bond acceptors (Lipinski definition) is 6. The minimum Gasteiger partial charge on any atom is -0.424 e. The number of nitrogens with zero attached hydrogens (tertiary/aromatic N) is 5. The van der Waals surface area contributed by atoms with Gasteiger partial charge in [-0.1, -0.05) is 12.1 Å². The maximum absolute atomic E-state index is 12.6. The van der Waals surface area contributed by atoms with Crippen LogP contribution in [0.4, 0.5) is 5.82 Å². The molecule has 8 heteroatoms. The molecule has 0 saturated heterocycles. The van der Waals surface area contributed by atoms with Crippen LogP contribution in [0.2, 0.25) is 0 Å². The average Bonchev–Trinajstić information content (AvgIpc) is 3.28. The molecular formula is C20H24N6O2. The fourth-order valence-electron chi connectivity index (χ4n) is 3.47. The van der Waals surface area contributed by atoms with Crippen LogP contribution < -0.4 is 5.32 Å². The molecule has 28 heavy (non-hydrogen) atoms. The van der Waals surface area contributed by atoms with E-state index in [0.29, 0.717) is 23.9 Å². The highest BCUT2D eigenvalue weighted by Gasteiger charge is 2.16. The molecule has 0 atom stereocenters. The molecule has 3 aromatic rings. The fourth-order valence-corrected chi connectivity index (χ4v) is 3.47. The van der Waals surface area contributed by atoms with E-state index in [1.54, 1.807) is 13.1 Å². The minimum absolute atomic E-state index is 0.116. The summed E-state index contributed by atoms with van der Waals surface area (Å²) in [5.74, 6) is 2.88. The van der Waals surface area contributed by atoms with Gasteiger partial charge in [0.05, 0.1) is 12.7 Å². The van der Waals surface area contributed by atoms with Crippen LogP contribution >= 0.6 is 0 Å². The first-order valence-corrected chi connectivity index (χ1v) is 9.51. The van der Waals surface area contributed by atoms with Crippen LogP contribution in [-0.4, -0.2) is 37.6 Å². The Morgan fingerprint density at radius 3 is 2.79 bits per heavy atom. The summed E-state index contributed by atoms with van der Waals surface area (Å²) in [7, 11) is 1.99. The Morgan fingerprint density at radius 1 is 1.21 bits per heavy atom. The third-order valence-electron chi connectivity index (χ3n) is 4.85. The summed E-state index contributed by atoms with van der Waals surface area (Å²) < 4.78 is 7.51. The lowest BCUT2D eigenvalue weighted by molar-refractivity contribution is 0.102. The summed E-state index contributed by atoms with van der Waals surface area (Å²) in [6.07, 6.45) is 5.01. The van der Waals surface area contributed by atoms with Gasteiger partial charge in [0.25, 0.3) is 5.91 Å². The largest absolute Gasteiger partial charge is 0.424 e. The van der Waals surface area contributed by atoms with Crippen molar-refractivity contribution in [1.29, 1.82) is 0 Å². The van der Waals surface area contributed by atoms with Crippen molar-refractivity contribution < 1.29 is 9.21 Å². The van der Waals surface area contributed by atoms with Gasteiger partial charge in [-0.3, -0.25) is 9.69 Å². The van der Waals surface area contributed by atoms with Crippen molar-refractivity contribution in [3.63, 3.8) is 0 Å². The Balaban J connectivity index is 1.36. The quantitative estimate of drug-likeness (QED) is 0.707. The third kappa shape index (κ3) is 4.12. The second kappa shape index (κ2) is 7.93. The van der Waals surface area contributed by atoms with E-state index in [1.165, 1.54) is 0 Å². The van der Waals surface area contributed by atoms with E-state index in [4.69, 9.17) is 4.42 Å². The van der Waals surface area contributed by atoms with Gasteiger partial charge in [-0.15, -0.1) is 10.2 Å². The Morgan fingerprint density at radius 2 is 2.04 bits per heavy atom. The van der Waals surface area contributed by atoms with Crippen molar-refractivity contribution in [3.8, 4) is 0 Å². The Kier molecular flexibility index (Phi) is 5.21. The van der Waals surface area contributed by atoms with Gasteiger partial charge >= 0.3 is 0 Å². The summed E-state index contributed by atoms with van der Waals surface area (Å²) in [5, 5.41) is 10.8. The number of nitrogens with one attached hydrogen (secondary N) is 1. The molecule has 1 N–H and O–H groups in total. The molecule has 2 aromatic heterocycles. The number of hydrogen-bond donors (Lipinski definition) is 1. The number of rotatable bonds is 6. The Bertz CT molecular complexity index is 959. The lowest BCUT2D eigenvalue weighted by Gasteiger charge is -2.17. The number of carbonyl (C=O) groups excluding carboxylic acids is 1. The highest BCUT2D eigenvalue weighted by Crippen LogP contribution is 2.20. The van der Waals surface area contributed by atoms with Gasteiger partial charge in [-0.25, -0.2) is 4.98 Å². The highest BCUT2D eigenvalue weighted by atomic mass is 16.4. The molecule has 0 saturated carbocycles. The third-order valence-corrected chi connectivity index (χ3v) is 4.85. The standard InChI is InChI=1S/C20H24N6O2/c1-14-23-24-19(28-14)13-25(2)12-15-6-8-16(9-7-15)20(27)22-18-11-21-17-5-3-4-10-26(17)18/h6-9,11H,3-5,10,12-13H2,1-2H3,(H,22,27). The Labute approximate surface area is 163 Å². The zero-order valence-corrected chi connectivity index (χ0v) is 16.2. The van der Waals surface area contributed by atoms with Crippen LogP contribution in [0.15, 0.2) is 34.9 Å². The van der Waals surface area contributed by atoms with Crippen LogP contribution in [0.1, 0.15) is 46.4 Å². The van der Waals surface area contributed by atoms with Gasteiger partial charge in [-0.05, 0) is 37.6 Å². The number of fused-ring (bicyclic) bond motifs is 1. The first-order chi connectivity index (χ1) is 13.6. The smallest absolute Gasteiger partial charge is 0.256 e. The van der Waals surface area contributed by atoms with Crippen LogP contribution in [0.5, 0.6) is 0 Å². The number of amides is 1. The molecule has 0 unspecified atom stereocenters. The second-order valence-electron chi connectivity index (χ2n) is 7.21. The predicted molar refractivity (Wildman–Crippen MR) is 104 cm³/mol. The van der Waals surface area contributed by atoms with Gasteiger partial charge in [0.1, 0.15) is 11.6 Å². The SMILES string of the molecule is Cc1nnc(CN(C)Cc2ccc(C(=O)Nc3cnc4n3CCCC4)cc2)o1. The maximum Gasteiger partial charge on any atom is 0.256 e. The number of benzene rings is 1.